The van der Waals surface area contributed by atoms with Crippen LogP contribution < -0.4 is 15.1 Å². The predicted octanol–water partition coefficient (Wildman–Crippen LogP) is 2.92. The number of anilines is 2. The van der Waals surface area contributed by atoms with E-state index in [9.17, 15) is 14.4 Å². The van der Waals surface area contributed by atoms with Crippen molar-refractivity contribution in [3.05, 3.63) is 41.3 Å². The molecule has 0 aliphatic carbocycles. The Hall–Kier alpha value is -3.74. The lowest BCUT2D eigenvalue weighted by Crippen LogP contribution is -2.41. The molecule has 11 nitrogen and oxygen atoms in total. The Morgan fingerprint density at radius 3 is 2.58 bits per heavy atom. The lowest BCUT2D eigenvalue weighted by Gasteiger charge is -2.24. The molecule has 4 rings (SSSR count). The summed E-state index contributed by atoms with van der Waals surface area (Å²) in [6.45, 7) is 3.74. The highest BCUT2D eigenvalue weighted by Gasteiger charge is 2.34. The second-order valence-electron chi connectivity index (χ2n) is 8.63. The first-order valence-corrected chi connectivity index (χ1v) is 11.5. The number of benzene rings is 1. The van der Waals surface area contributed by atoms with Crippen molar-refractivity contribution in [3.63, 3.8) is 0 Å². The van der Waals surface area contributed by atoms with Gasteiger partial charge in [0.1, 0.15) is 29.0 Å². The number of hydrogen-bond donors (Lipinski definition) is 1. The fraction of sp³-hybridized carbons (Fsp3) is 0.478. The van der Waals surface area contributed by atoms with Gasteiger partial charge in [0.25, 0.3) is 0 Å². The third kappa shape index (κ3) is 5.90. The summed E-state index contributed by atoms with van der Waals surface area (Å²) in [7, 11) is 0. The van der Waals surface area contributed by atoms with Crippen molar-refractivity contribution in [2.75, 3.05) is 42.6 Å². The van der Waals surface area contributed by atoms with Gasteiger partial charge >= 0.3 is 12.1 Å². The molecule has 13 heteroatoms. The van der Waals surface area contributed by atoms with E-state index in [0.717, 1.165) is 22.1 Å². The molecule has 0 bridgehead atoms. The van der Waals surface area contributed by atoms with Crippen LogP contribution in [0.4, 0.5) is 29.7 Å². The van der Waals surface area contributed by atoms with E-state index >= 15 is 8.78 Å². The average molecular weight is 507 g/mol. The molecule has 2 fully saturated rings. The summed E-state index contributed by atoms with van der Waals surface area (Å²) in [4.78, 5) is 43.9. The molecule has 1 aromatic heterocycles. The Morgan fingerprint density at radius 1 is 1.17 bits per heavy atom. The molecule has 1 aromatic carbocycles. The van der Waals surface area contributed by atoms with Gasteiger partial charge in [-0.3, -0.25) is 9.74 Å². The zero-order valence-electron chi connectivity index (χ0n) is 20.0. The minimum Gasteiger partial charge on any atom is -0.444 e. The number of aromatic nitrogens is 1. The molecule has 1 N–H and O–H groups in total. The minimum atomic E-state index is -0.857. The van der Waals surface area contributed by atoms with Crippen LogP contribution in [-0.4, -0.2) is 67.0 Å². The van der Waals surface area contributed by atoms with Gasteiger partial charge in [-0.2, -0.15) is 0 Å². The monoisotopic (exact) mass is 507 g/mol. The molecular formula is C23H27F2N5O6. The number of urea groups is 1. The number of rotatable bonds is 7. The molecule has 3 amide bonds. The highest BCUT2D eigenvalue weighted by atomic mass is 19.1. The van der Waals surface area contributed by atoms with Gasteiger partial charge in [-0.05, 0) is 20.3 Å². The first-order valence-electron chi connectivity index (χ1n) is 11.5. The van der Waals surface area contributed by atoms with Gasteiger partial charge in [0.05, 0.1) is 31.9 Å². The van der Waals surface area contributed by atoms with Gasteiger partial charge < -0.3 is 24.3 Å². The number of nitrogens with one attached hydrogen (secondary N) is 1. The van der Waals surface area contributed by atoms with Crippen LogP contribution in [0.1, 0.15) is 31.2 Å². The summed E-state index contributed by atoms with van der Waals surface area (Å²) in [6, 6.07) is 3.32. The highest BCUT2D eigenvalue weighted by molar-refractivity contribution is 5.90. The average Bonchev–Trinajstić information content (AvgIpc) is 3.32. The first kappa shape index (κ1) is 25.4. The number of ether oxygens (including phenoxy) is 1. The number of cyclic esters (lactones) is 1. The Morgan fingerprint density at radius 2 is 1.92 bits per heavy atom. The Bertz CT molecular complexity index is 1120. The molecule has 36 heavy (non-hydrogen) atoms. The molecule has 194 valence electrons. The summed E-state index contributed by atoms with van der Waals surface area (Å²) < 4.78 is 40.3. The van der Waals surface area contributed by atoms with Crippen molar-refractivity contribution in [2.45, 2.75) is 39.3 Å². The quantitative estimate of drug-likeness (QED) is 0.608. The zero-order valence-corrected chi connectivity index (χ0v) is 20.0. The Labute approximate surface area is 205 Å². The molecule has 2 saturated heterocycles. The Kier molecular flexibility index (Phi) is 7.67. The van der Waals surface area contributed by atoms with Gasteiger partial charge in [0.2, 0.25) is 0 Å². The smallest absolute Gasteiger partial charge is 0.414 e. The maximum Gasteiger partial charge on any atom is 0.414 e. The number of Topliss-reactive ketones (excluding diaryl/α,β-unsaturated/α-hetero) is 1. The summed E-state index contributed by atoms with van der Waals surface area (Å²) in [5.74, 6) is -1.13. The third-order valence-corrected chi connectivity index (χ3v) is 5.83. The van der Waals surface area contributed by atoms with Crippen molar-refractivity contribution >= 4 is 29.3 Å². The molecular weight excluding hydrogens is 480 g/mol. The molecule has 2 aliphatic rings. The first-order chi connectivity index (χ1) is 17.2. The Balaban J connectivity index is 1.38. The van der Waals surface area contributed by atoms with E-state index in [4.69, 9.17) is 14.1 Å². The third-order valence-electron chi connectivity index (χ3n) is 5.83. The standard InChI is InChI=1S/C23H27F2N5O6/c1-14(31)3-4-18-13-29(23(33)35-18)17-10-19(24)21(20(25)11-17)28-5-6-30(34-8-7-28)22(32)26-12-16-9-15(2)36-27-16/h9-11,18H,3-8,12-13H2,1-2H3,(H,26,32)/t18-/m0/s1. The van der Waals surface area contributed by atoms with E-state index < -0.39 is 29.9 Å². The number of carbonyl (C=O) groups excluding carboxylic acids is 3. The van der Waals surface area contributed by atoms with Crippen molar-refractivity contribution in [1.29, 1.82) is 0 Å². The van der Waals surface area contributed by atoms with Gasteiger partial charge in [0, 0.05) is 37.7 Å². The molecule has 2 aliphatic heterocycles. The van der Waals surface area contributed by atoms with E-state index in [1.54, 1.807) is 13.0 Å². The highest BCUT2D eigenvalue weighted by Crippen LogP contribution is 2.32. The fourth-order valence-electron chi connectivity index (χ4n) is 4.05. The number of carbonyl (C=O) groups is 3. The normalized spacial score (nSPS) is 18.3. The van der Waals surface area contributed by atoms with Crippen molar-refractivity contribution < 1.29 is 37.3 Å². The summed E-state index contributed by atoms with van der Waals surface area (Å²) in [6.07, 6.45) is -0.656. The number of hydroxylamine groups is 2. The summed E-state index contributed by atoms with van der Waals surface area (Å²) in [5, 5.41) is 7.55. The van der Waals surface area contributed by atoms with Crippen LogP contribution in [0.2, 0.25) is 0 Å². The topological polar surface area (TPSA) is 117 Å². The maximum absolute atomic E-state index is 15.1. The van der Waals surface area contributed by atoms with Crippen LogP contribution in [0, 0.1) is 18.6 Å². The van der Waals surface area contributed by atoms with Crippen LogP contribution in [0.25, 0.3) is 0 Å². The van der Waals surface area contributed by atoms with Crippen molar-refractivity contribution in [1.82, 2.24) is 15.5 Å². The minimum absolute atomic E-state index is 0.0212. The second kappa shape index (κ2) is 10.9. The summed E-state index contributed by atoms with van der Waals surface area (Å²) in [5.41, 5.74) is 0.302. The largest absolute Gasteiger partial charge is 0.444 e. The number of aryl methyl sites for hydroxylation is 1. The molecule has 2 aromatic rings. The predicted molar refractivity (Wildman–Crippen MR) is 122 cm³/mol. The number of nitrogens with zero attached hydrogens (tertiary/aromatic N) is 4. The van der Waals surface area contributed by atoms with Crippen LogP contribution in [-0.2, 0) is 20.9 Å². The van der Waals surface area contributed by atoms with Crippen molar-refractivity contribution in [3.8, 4) is 0 Å². The van der Waals surface area contributed by atoms with Crippen LogP contribution in [0.5, 0.6) is 0 Å². The van der Waals surface area contributed by atoms with Crippen LogP contribution in [0.3, 0.4) is 0 Å². The molecule has 1 atom stereocenters. The van der Waals surface area contributed by atoms with Crippen LogP contribution >= 0.6 is 0 Å². The number of amides is 3. The van der Waals surface area contributed by atoms with E-state index in [1.165, 1.54) is 11.8 Å². The van der Waals surface area contributed by atoms with Gasteiger partial charge in [-0.15, -0.1) is 0 Å². The molecule has 0 unspecified atom stereocenters. The fourth-order valence-corrected chi connectivity index (χ4v) is 4.05. The molecule has 3 heterocycles. The number of hydrogen-bond acceptors (Lipinski definition) is 8. The number of ketones is 1. The van der Waals surface area contributed by atoms with E-state index in [1.807, 2.05) is 0 Å². The van der Waals surface area contributed by atoms with Crippen LogP contribution in [0.15, 0.2) is 22.7 Å². The van der Waals surface area contributed by atoms with Gasteiger partial charge in [-0.1, -0.05) is 5.16 Å². The molecule has 0 spiro atoms. The van der Waals surface area contributed by atoms with Crippen molar-refractivity contribution in [2.24, 2.45) is 0 Å². The SMILES string of the molecule is CC(=O)CC[C@H]1CN(c2cc(F)c(N3CCON(C(=O)NCc4cc(C)on4)CC3)c(F)c2)C(=O)O1. The van der Waals surface area contributed by atoms with Gasteiger partial charge in [-0.25, -0.2) is 23.4 Å². The maximum atomic E-state index is 15.1. The van der Waals surface area contributed by atoms with E-state index in [-0.39, 0.29) is 62.9 Å². The molecule has 0 radical (unpaired) electrons. The van der Waals surface area contributed by atoms with Gasteiger partial charge in [0.15, 0.2) is 11.6 Å². The lowest BCUT2D eigenvalue weighted by atomic mass is 10.1. The molecule has 0 saturated carbocycles. The second-order valence-corrected chi connectivity index (χ2v) is 8.63. The lowest BCUT2D eigenvalue weighted by molar-refractivity contribution is -0.117. The van der Waals surface area contributed by atoms with E-state index in [0.29, 0.717) is 17.9 Å². The number of halogens is 2. The van der Waals surface area contributed by atoms with E-state index in [2.05, 4.69) is 10.5 Å². The summed E-state index contributed by atoms with van der Waals surface area (Å²) >= 11 is 0. The zero-order chi connectivity index (χ0) is 25.8.